The minimum Gasteiger partial charge on any atom is -0.299 e. The number of hydrazine groups is 1. The highest BCUT2D eigenvalue weighted by Crippen LogP contribution is 2.14. The monoisotopic (exact) mass is 348 g/mol. The third-order valence-electron chi connectivity index (χ3n) is 2.94. The van der Waals surface area contributed by atoms with E-state index in [2.05, 4.69) is 38.5 Å². The van der Waals surface area contributed by atoms with Crippen LogP contribution in [0.5, 0.6) is 0 Å². The van der Waals surface area contributed by atoms with Gasteiger partial charge in [0.25, 0.3) is 5.91 Å². The van der Waals surface area contributed by atoms with E-state index in [9.17, 15) is 4.79 Å². The van der Waals surface area contributed by atoms with E-state index in [-0.39, 0.29) is 12.5 Å². The minimum absolute atomic E-state index is 0.167. The first kappa shape index (κ1) is 15.3. The highest BCUT2D eigenvalue weighted by molar-refractivity contribution is 9.10. The molecular formula is C15H17BrN4O. The van der Waals surface area contributed by atoms with E-state index in [0.717, 1.165) is 21.4 Å². The van der Waals surface area contributed by atoms with Crippen molar-refractivity contribution in [2.24, 2.45) is 0 Å². The van der Waals surface area contributed by atoms with E-state index in [1.165, 1.54) is 0 Å². The summed E-state index contributed by atoms with van der Waals surface area (Å²) in [5.41, 5.74) is 8.82. The van der Waals surface area contributed by atoms with Gasteiger partial charge in [-0.2, -0.15) is 5.10 Å². The number of nitrogens with zero attached hydrogens (tertiary/aromatic N) is 2. The second-order valence-corrected chi connectivity index (χ2v) is 5.66. The molecule has 6 heteroatoms. The zero-order valence-corrected chi connectivity index (χ0v) is 13.6. The lowest BCUT2D eigenvalue weighted by Gasteiger charge is -2.12. The molecule has 21 heavy (non-hydrogen) atoms. The fourth-order valence-electron chi connectivity index (χ4n) is 1.88. The van der Waals surface area contributed by atoms with Gasteiger partial charge in [0, 0.05) is 10.2 Å². The molecule has 1 aromatic heterocycles. The summed E-state index contributed by atoms with van der Waals surface area (Å²) < 4.78 is 2.65. The summed E-state index contributed by atoms with van der Waals surface area (Å²) in [5, 5.41) is 4.25. The first-order chi connectivity index (χ1) is 9.95. The summed E-state index contributed by atoms with van der Waals surface area (Å²) >= 11 is 3.37. The van der Waals surface area contributed by atoms with Crippen LogP contribution in [0.2, 0.25) is 0 Å². The molecule has 0 fully saturated rings. The molecule has 0 saturated carbocycles. The van der Waals surface area contributed by atoms with E-state index >= 15 is 0 Å². The number of hydrogen-bond acceptors (Lipinski definition) is 3. The normalized spacial score (nSPS) is 10.2. The molecule has 5 nitrogen and oxygen atoms in total. The van der Waals surface area contributed by atoms with Crippen molar-refractivity contribution < 1.29 is 4.79 Å². The predicted molar refractivity (Wildman–Crippen MR) is 86.2 cm³/mol. The molecule has 2 N–H and O–H groups in total. The van der Waals surface area contributed by atoms with Crippen LogP contribution >= 0.6 is 15.9 Å². The molecule has 0 saturated heterocycles. The van der Waals surface area contributed by atoms with Gasteiger partial charge in [0.1, 0.15) is 6.54 Å². The van der Waals surface area contributed by atoms with Crippen LogP contribution in [-0.4, -0.2) is 15.7 Å². The molecule has 0 spiro atoms. The standard InChI is InChI=1S/C15H17BrN4O/c1-10-8-11(2)20(19-10)9-15(21)18-17-12(3)13-4-6-14(16)7-5-13/h4-8,17H,3,9H2,1-2H3,(H,18,21). The number of halogens is 1. The van der Waals surface area contributed by atoms with Crippen molar-refractivity contribution in [3.05, 3.63) is 58.3 Å². The molecule has 0 aliphatic rings. The van der Waals surface area contributed by atoms with Gasteiger partial charge >= 0.3 is 0 Å². The highest BCUT2D eigenvalue weighted by Gasteiger charge is 2.07. The van der Waals surface area contributed by atoms with E-state index in [4.69, 9.17) is 0 Å². The van der Waals surface area contributed by atoms with Gasteiger partial charge < -0.3 is 0 Å². The summed E-state index contributed by atoms with van der Waals surface area (Å²) in [7, 11) is 0. The number of carbonyl (C=O) groups excluding carboxylic acids is 1. The van der Waals surface area contributed by atoms with Gasteiger partial charge in [0.15, 0.2) is 0 Å². The van der Waals surface area contributed by atoms with Gasteiger partial charge in [-0.05, 0) is 37.6 Å². The van der Waals surface area contributed by atoms with Gasteiger partial charge in [0.05, 0.1) is 11.4 Å². The number of rotatable bonds is 5. The molecule has 0 radical (unpaired) electrons. The molecule has 110 valence electrons. The Morgan fingerprint density at radius 2 is 1.95 bits per heavy atom. The lowest BCUT2D eigenvalue weighted by Crippen LogP contribution is -2.38. The average Bonchev–Trinajstić information content (AvgIpc) is 2.75. The summed E-state index contributed by atoms with van der Waals surface area (Å²) in [6.45, 7) is 7.87. The summed E-state index contributed by atoms with van der Waals surface area (Å²) in [5.74, 6) is -0.181. The number of carbonyl (C=O) groups is 1. The number of hydrogen-bond donors (Lipinski definition) is 2. The third-order valence-corrected chi connectivity index (χ3v) is 3.47. The molecule has 2 rings (SSSR count). The van der Waals surface area contributed by atoms with Crippen LogP contribution in [0.1, 0.15) is 17.0 Å². The SMILES string of the molecule is C=C(NNC(=O)Cn1nc(C)cc1C)c1ccc(Br)cc1. The van der Waals surface area contributed by atoms with Crippen molar-refractivity contribution in [1.82, 2.24) is 20.6 Å². The zero-order chi connectivity index (χ0) is 15.4. The number of aryl methyl sites for hydroxylation is 2. The van der Waals surface area contributed by atoms with Crippen molar-refractivity contribution in [2.45, 2.75) is 20.4 Å². The Bertz CT molecular complexity index is 661. The van der Waals surface area contributed by atoms with Gasteiger partial charge in [-0.15, -0.1) is 0 Å². The van der Waals surface area contributed by atoms with Crippen molar-refractivity contribution in [3.63, 3.8) is 0 Å². The number of nitrogens with one attached hydrogen (secondary N) is 2. The summed E-state index contributed by atoms with van der Waals surface area (Å²) in [4.78, 5) is 11.9. The Morgan fingerprint density at radius 3 is 2.52 bits per heavy atom. The van der Waals surface area contributed by atoms with Crippen LogP contribution in [0.3, 0.4) is 0 Å². The van der Waals surface area contributed by atoms with Crippen LogP contribution < -0.4 is 10.9 Å². The fourth-order valence-corrected chi connectivity index (χ4v) is 2.14. The van der Waals surface area contributed by atoms with Crippen molar-refractivity contribution >= 4 is 27.5 Å². The topological polar surface area (TPSA) is 58.9 Å². The fraction of sp³-hybridized carbons (Fsp3) is 0.200. The van der Waals surface area contributed by atoms with E-state index in [0.29, 0.717) is 5.70 Å². The number of aromatic nitrogens is 2. The summed E-state index contributed by atoms with van der Waals surface area (Å²) in [6, 6.07) is 9.58. The summed E-state index contributed by atoms with van der Waals surface area (Å²) in [6.07, 6.45) is 0. The maximum Gasteiger partial charge on any atom is 0.260 e. The zero-order valence-electron chi connectivity index (χ0n) is 12.0. The molecule has 2 aromatic rings. The molecule has 0 unspecified atom stereocenters. The Labute approximate surface area is 132 Å². The molecule has 1 aromatic carbocycles. The highest BCUT2D eigenvalue weighted by atomic mass is 79.9. The predicted octanol–water partition coefficient (Wildman–Crippen LogP) is 2.55. The van der Waals surface area contributed by atoms with Crippen LogP contribution in [-0.2, 0) is 11.3 Å². The second-order valence-electron chi connectivity index (χ2n) is 4.74. The van der Waals surface area contributed by atoms with Crippen LogP contribution in [0.25, 0.3) is 5.70 Å². The van der Waals surface area contributed by atoms with Crippen LogP contribution in [0, 0.1) is 13.8 Å². The molecule has 1 heterocycles. The lowest BCUT2D eigenvalue weighted by molar-refractivity contribution is -0.122. The largest absolute Gasteiger partial charge is 0.299 e. The van der Waals surface area contributed by atoms with Gasteiger partial charge in [0.2, 0.25) is 0 Å². The molecule has 0 aliphatic heterocycles. The van der Waals surface area contributed by atoms with Crippen LogP contribution in [0.4, 0.5) is 0 Å². The second kappa shape index (κ2) is 6.58. The molecule has 0 atom stereocenters. The number of benzene rings is 1. The van der Waals surface area contributed by atoms with E-state index < -0.39 is 0 Å². The van der Waals surface area contributed by atoms with Gasteiger partial charge in [-0.25, -0.2) is 0 Å². The molecular weight excluding hydrogens is 332 g/mol. The van der Waals surface area contributed by atoms with Gasteiger partial charge in [-0.3, -0.25) is 20.3 Å². The minimum atomic E-state index is -0.181. The van der Waals surface area contributed by atoms with E-state index in [1.807, 2.05) is 44.2 Å². The van der Waals surface area contributed by atoms with Crippen molar-refractivity contribution in [2.75, 3.05) is 0 Å². The molecule has 0 aliphatic carbocycles. The van der Waals surface area contributed by atoms with E-state index in [1.54, 1.807) is 4.68 Å². The quantitative estimate of drug-likeness (QED) is 0.816. The first-order valence-electron chi connectivity index (χ1n) is 6.46. The average molecular weight is 349 g/mol. The van der Waals surface area contributed by atoms with Gasteiger partial charge in [-0.1, -0.05) is 34.6 Å². The molecule has 1 amide bonds. The maximum absolute atomic E-state index is 11.9. The van der Waals surface area contributed by atoms with Crippen LogP contribution in [0.15, 0.2) is 41.4 Å². The van der Waals surface area contributed by atoms with Crippen molar-refractivity contribution in [1.29, 1.82) is 0 Å². The Balaban J connectivity index is 1.87. The third kappa shape index (κ3) is 4.19. The first-order valence-corrected chi connectivity index (χ1v) is 7.26. The smallest absolute Gasteiger partial charge is 0.260 e. The Kier molecular flexibility index (Phi) is 4.80. The maximum atomic E-state index is 11.9. The number of amides is 1. The Hall–Kier alpha value is -2.08. The van der Waals surface area contributed by atoms with Crippen molar-refractivity contribution in [3.8, 4) is 0 Å². The lowest BCUT2D eigenvalue weighted by atomic mass is 10.2. The molecule has 0 bridgehead atoms. The Morgan fingerprint density at radius 1 is 1.29 bits per heavy atom.